The first-order valence-electron chi connectivity index (χ1n) is 7.13. The van der Waals surface area contributed by atoms with Gasteiger partial charge in [-0.05, 0) is 30.3 Å². The molecule has 0 spiro atoms. The van der Waals surface area contributed by atoms with Gasteiger partial charge in [-0.1, -0.05) is 13.8 Å². The van der Waals surface area contributed by atoms with E-state index in [2.05, 4.69) is 9.97 Å². The average molecular weight is 329 g/mol. The number of H-pyrrole nitrogens is 1. The fourth-order valence-electron chi connectivity index (χ4n) is 1.97. The van der Waals surface area contributed by atoms with E-state index in [0.717, 1.165) is 12.1 Å². The van der Waals surface area contributed by atoms with Crippen LogP contribution in [0.25, 0.3) is 10.9 Å². The summed E-state index contributed by atoms with van der Waals surface area (Å²) < 4.78 is 32.5. The molecule has 0 amide bonds. The molecule has 0 aliphatic carbocycles. The summed E-state index contributed by atoms with van der Waals surface area (Å²) in [5.74, 6) is -2.20. The van der Waals surface area contributed by atoms with Crippen molar-refractivity contribution in [2.45, 2.75) is 13.8 Å². The molecule has 0 bridgehead atoms. The zero-order valence-corrected chi connectivity index (χ0v) is 12.9. The molecule has 0 fully saturated rings. The first-order valence-corrected chi connectivity index (χ1v) is 7.13. The molecule has 3 aromatic rings. The maximum Gasteiger partial charge on any atom is 0.258 e. The second-order valence-corrected chi connectivity index (χ2v) is 4.36. The number of nitriles is 1. The molecule has 5 nitrogen and oxygen atoms in total. The number of fused-ring (bicyclic) bond motifs is 1. The van der Waals surface area contributed by atoms with Crippen LogP contribution in [0.2, 0.25) is 0 Å². The average Bonchev–Trinajstić information content (AvgIpc) is 2.61. The van der Waals surface area contributed by atoms with E-state index in [9.17, 15) is 13.6 Å². The molecule has 0 saturated heterocycles. The van der Waals surface area contributed by atoms with Crippen LogP contribution < -0.4 is 10.3 Å². The van der Waals surface area contributed by atoms with Crippen molar-refractivity contribution >= 4 is 10.9 Å². The zero-order valence-electron chi connectivity index (χ0n) is 12.9. The molecule has 7 heteroatoms. The van der Waals surface area contributed by atoms with Crippen LogP contribution in [0.5, 0.6) is 11.5 Å². The SMILES string of the molecule is CC.N#Cc1c(F)ccc(F)c1Oc1ccc2nc[nH]c(=O)c2c1. The lowest BCUT2D eigenvalue weighted by Crippen LogP contribution is -2.06. The molecule has 122 valence electrons. The lowest BCUT2D eigenvalue weighted by Gasteiger charge is -2.09. The standard InChI is InChI=1S/C15H7F2N3O2.C2H6/c16-11-2-3-12(17)14(10(11)6-18)22-8-1-4-13-9(5-8)15(21)20-7-19-13;1-2/h1-5,7H,(H,19,20,21);1-2H3. The highest BCUT2D eigenvalue weighted by molar-refractivity contribution is 5.78. The van der Waals surface area contributed by atoms with E-state index in [1.54, 1.807) is 6.07 Å². The van der Waals surface area contributed by atoms with E-state index in [0.29, 0.717) is 5.52 Å². The molecule has 1 heterocycles. The number of nitrogens with one attached hydrogen (secondary N) is 1. The van der Waals surface area contributed by atoms with Crippen molar-refractivity contribution in [1.29, 1.82) is 5.26 Å². The Morgan fingerprint density at radius 2 is 1.88 bits per heavy atom. The van der Waals surface area contributed by atoms with Gasteiger partial charge in [0.05, 0.1) is 17.2 Å². The van der Waals surface area contributed by atoms with Crippen molar-refractivity contribution in [2.75, 3.05) is 0 Å². The number of aromatic amines is 1. The summed E-state index contributed by atoms with van der Waals surface area (Å²) in [6.45, 7) is 4.00. The van der Waals surface area contributed by atoms with Crippen molar-refractivity contribution in [3.8, 4) is 17.6 Å². The molecule has 0 aliphatic heterocycles. The monoisotopic (exact) mass is 329 g/mol. The number of rotatable bonds is 2. The van der Waals surface area contributed by atoms with Gasteiger partial charge in [0.15, 0.2) is 11.6 Å². The van der Waals surface area contributed by atoms with E-state index in [1.165, 1.54) is 24.5 Å². The van der Waals surface area contributed by atoms with Crippen LogP contribution >= 0.6 is 0 Å². The van der Waals surface area contributed by atoms with Gasteiger partial charge in [-0.3, -0.25) is 4.79 Å². The predicted octanol–water partition coefficient (Wildman–Crippen LogP) is 3.89. The van der Waals surface area contributed by atoms with Gasteiger partial charge in [-0.2, -0.15) is 5.26 Å². The normalized spacial score (nSPS) is 9.79. The van der Waals surface area contributed by atoms with E-state index in [4.69, 9.17) is 10.00 Å². The number of halogens is 2. The molecule has 1 N–H and O–H groups in total. The summed E-state index contributed by atoms with van der Waals surface area (Å²) in [5.41, 5.74) is -0.507. The fourth-order valence-corrected chi connectivity index (χ4v) is 1.97. The second kappa shape index (κ2) is 7.33. The van der Waals surface area contributed by atoms with Gasteiger partial charge in [0.1, 0.15) is 23.2 Å². The molecule has 1 aromatic heterocycles. The molecule has 0 aliphatic rings. The summed E-state index contributed by atoms with van der Waals surface area (Å²) in [6, 6.07) is 7.55. The van der Waals surface area contributed by atoms with Crippen LogP contribution in [0.1, 0.15) is 19.4 Å². The van der Waals surface area contributed by atoms with Gasteiger partial charge < -0.3 is 9.72 Å². The summed E-state index contributed by atoms with van der Waals surface area (Å²) in [7, 11) is 0. The van der Waals surface area contributed by atoms with Gasteiger partial charge in [-0.25, -0.2) is 13.8 Å². The Labute approximate surface area is 136 Å². The van der Waals surface area contributed by atoms with E-state index >= 15 is 0 Å². The van der Waals surface area contributed by atoms with Gasteiger partial charge in [0.2, 0.25) is 0 Å². The van der Waals surface area contributed by atoms with Gasteiger partial charge in [-0.15, -0.1) is 0 Å². The summed E-state index contributed by atoms with van der Waals surface area (Å²) in [4.78, 5) is 18.0. The number of hydrogen-bond acceptors (Lipinski definition) is 4. The first-order chi connectivity index (χ1) is 11.6. The van der Waals surface area contributed by atoms with Crippen molar-refractivity contribution < 1.29 is 13.5 Å². The number of nitrogens with zero attached hydrogens (tertiary/aromatic N) is 2. The lowest BCUT2D eigenvalue weighted by atomic mass is 10.2. The Hall–Kier alpha value is -3.27. The van der Waals surface area contributed by atoms with Crippen LogP contribution in [-0.4, -0.2) is 9.97 Å². The van der Waals surface area contributed by atoms with E-state index in [-0.39, 0.29) is 11.1 Å². The molecule has 0 unspecified atom stereocenters. The molecule has 0 saturated carbocycles. The Morgan fingerprint density at radius 3 is 2.58 bits per heavy atom. The molecular formula is C17H13F2N3O2. The third kappa shape index (κ3) is 3.22. The topological polar surface area (TPSA) is 78.8 Å². The van der Waals surface area contributed by atoms with Crippen molar-refractivity contribution in [2.24, 2.45) is 0 Å². The quantitative estimate of drug-likeness (QED) is 0.773. The number of benzene rings is 2. The van der Waals surface area contributed by atoms with Gasteiger partial charge in [0, 0.05) is 0 Å². The molecule has 0 atom stereocenters. The minimum absolute atomic E-state index is 0.0898. The summed E-state index contributed by atoms with van der Waals surface area (Å²) in [6.07, 6.45) is 1.26. The predicted molar refractivity (Wildman–Crippen MR) is 84.9 cm³/mol. The minimum Gasteiger partial charge on any atom is -0.453 e. The number of aromatic nitrogens is 2. The van der Waals surface area contributed by atoms with Crippen molar-refractivity contribution in [1.82, 2.24) is 9.97 Å². The zero-order chi connectivity index (χ0) is 17.7. The Kier molecular flexibility index (Phi) is 5.22. The van der Waals surface area contributed by atoms with Crippen LogP contribution in [0.4, 0.5) is 8.78 Å². The fraction of sp³-hybridized carbons (Fsp3) is 0.118. The largest absolute Gasteiger partial charge is 0.453 e. The molecule has 2 aromatic carbocycles. The highest BCUT2D eigenvalue weighted by Gasteiger charge is 2.16. The number of ether oxygens (including phenoxy) is 1. The summed E-state index contributed by atoms with van der Waals surface area (Å²) >= 11 is 0. The third-order valence-corrected chi connectivity index (χ3v) is 3.00. The smallest absolute Gasteiger partial charge is 0.258 e. The maximum absolute atomic E-state index is 13.8. The van der Waals surface area contributed by atoms with Gasteiger partial charge in [0.25, 0.3) is 5.56 Å². The van der Waals surface area contributed by atoms with Crippen LogP contribution in [0, 0.1) is 23.0 Å². The first kappa shape index (κ1) is 17.1. The lowest BCUT2D eigenvalue weighted by molar-refractivity contribution is 0.435. The Morgan fingerprint density at radius 1 is 1.17 bits per heavy atom. The molecular weight excluding hydrogens is 316 g/mol. The summed E-state index contributed by atoms with van der Waals surface area (Å²) in [5, 5.41) is 9.15. The van der Waals surface area contributed by atoms with Crippen molar-refractivity contribution in [3.63, 3.8) is 0 Å². The molecule has 24 heavy (non-hydrogen) atoms. The third-order valence-electron chi connectivity index (χ3n) is 3.00. The van der Waals surface area contributed by atoms with E-state index in [1.807, 2.05) is 13.8 Å². The van der Waals surface area contributed by atoms with Crippen LogP contribution in [0.3, 0.4) is 0 Å². The minimum atomic E-state index is -0.890. The Balaban J connectivity index is 0.00000100. The molecule has 0 radical (unpaired) electrons. The second-order valence-electron chi connectivity index (χ2n) is 4.36. The van der Waals surface area contributed by atoms with E-state index < -0.39 is 28.5 Å². The highest BCUT2D eigenvalue weighted by atomic mass is 19.1. The number of hydrogen-bond donors (Lipinski definition) is 1. The molecule has 3 rings (SSSR count). The van der Waals surface area contributed by atoms with Crippen LogP contribution in [-0.2, 0) is 0 Å². The highest BCUT2D eigenvalue weighted by Crippen LogP contribution is 2.30. The van der Waals surface area contributed by atoms with Crippen molar-refractivity contribution in [3.05, 3.63) is 64.2 Å². The maximum atomic E-state index is 13.8. The Bertz CT molecular complexity index is 978. The van der Waals surface area contributed by atoms with Gasteiger partial charge >= 0.3 is 0 Å². The van der Waals surface area contributed by atoms with Crippen LogP contribution in [0.15, 0.2) is 41.5 Å².